The third-order valence-corrected chi connectivity index (χ3v) is 3.47. The molecule has 0 atom stereocenters. The highest BCUT2D eigenvalue weighted by molar-refractivity contribution is 7.99. The van der Waals surface area contributed by atoms with E-state index in [0.717, 1.165) is 0 Å². The summed E-state index contributed by atoms with van der Waals surface area (Å²) in [6.45, 7) is 3.57. The molecule has 1 aromatic rings. The van der Waals surface area contributed by atoms with Crippen LogP contribution in [0.4, 0.5) is 0 Å². The molecule has 0 spiro atoms. The maximum atomic E-state index is 11.9. The molecule has 2 N–H and O–H groups in total. The molecule has 2 heterocycles. The maximum absolute atomic E-state index is 11.9. The molecule has 0 aromatic carbocycles. The number of carbonyl (C=O) groups is 1. The van der Waals surface area contributed by atoms with Crippen molar-refractivity contribution < 1.29 is 9.53 Å². The van der Waals surface area contributed by atoms with Gasteiger partial charge in [0.2, 0.25) is 11.1 Å². The van der Waals surface area contributed by atoms with E-state index in [2.05, 4.69) is 15.5 Å². The van der Waals surface area contributed by atoms with E-state index in [1.807, 2.05) is 0 Å². The van der Waals surface area contributed by atoms with Crippen molar-refractivity contribution >= 4 is 17.7 Å². The Morgan fingerprint density at radius 3 is 2.94 bits per heavy atom. The first-order chi connectivity index (χ1) is 8.81. The molecule has 2 rings (SSSR count). The molecule has 1 aliphatic heterocycles. The lowest BCUT2D eigenvalue weighted by atomic mass is 10.4. The van der Waals surface area contributed by atoms with Crippen molar-refractivity contribution in [1.82, 2.24) is 25.1 Å². The molecule has 100 valence electrons. The largest absolute Gasteiger partial charge is 0.378 e. The fraction of sp³-hybridized carbons (Fsp3) is 0.778. The van der Waals surface area contributed by atoms with E-state index in [9.17, 15) is 4.79 Å². The molecule has 18 heavy (non-hydrogen) atoms. The summed E-state index contributed by atoms with van der Waals surface area (Å²) in [6.07, 6.45) is 0. The Labute approximate surface area is 109 Å². The number of nitrogens with two attached hydrogens (primary N) is 1. The van der Waals surface area contributed by atoms with E-state index in [1.165, 1.54) is 11.8 Å². The molecule has 8 nitrogen and oxygen atoms in total. The predicted octanol–water partition coefficient (Wildman–Crippen LogP) is -1.42. The topological polar surface area (TPSA) is 99.2 Å². The number of thioether (sulfide) groups is 1. The van der Waals surface area contributed by atoms with Crippen molar-refractivity contribution in [3.63, 3.8) is 0 Å². The summed E-state index contributed by atoms with van der Waals surface area (Å²) in [4.78, 5) is 13.7. The fourth-order valence-electron chi connectivity index (χ4n) is 1.59. The number of nitrogens with zero attached hydrogens (tertiary/aromatic N) is 5. The van der Waals surface area contributed by atoms with Crippen molar-refractivity contribution in [2.24, 2.45) is 5.73 Å². The Hall–Kier alpha value is -1.19. The molecule has 9 heteroatoms. The second-order valence-corrected chi connectivity index (χ2v) is 4.70. The van der Waals surface area contributed by atoms with Gasteiger partial charge in [-0.25, -0.2) is 4.68 Å². The second kappa shape index (κ2) is 6.66. The minimum Gasteiger partial charge on any atom is -0.378 e. The predicted molar refractivity (Wildman–Crippen MR) is 65.0 cm³/mol. The summed E-state index contributed by atoms with van der Waals surface area (Å²) < 4.78 is 6.81. The van der Waals surface area contributed by atoms with Gasteiger partial charge in [-0.2, -0.15) is 0 Å². The van der Waals surface area contributed by atoms with Crippen molar-refractivity contribution in [1.29, 1.82) is 0 Å². The van der Waals surface area contributed by atoms with E-state index in [0.29, 0.717) is 50.3 Å². The van der Waals surface area contributed by atoms with E-state index < -0.39 is 0 Å². The molecule has 0 radical (unpaired) electrons. The molecule has 0 bridgehead atoms. The number of morpholine rings is 1. The molecular formula is C9H16N6O2S. The second-order valence-electron chi connectivity index (χ2n) is 3.76. The van der Waals surface area contributed by atoms with Crippen LogP contribution in [0, 0.1) is 0 Å². The molecule has 1 aromatic heterocycles. The molecule has 1 amide bonds. The number of amides is 1. The van der Waals surface area contributed by atoms with Gasteiger partial charge in [-0.3, -0.25) is 4.79 Å². The number of carbonyl (C=O) groups excluding carboxylic acids is 1. The lowest BCUT2D eigenvalue weighted by Crippen LogP contribution is -2.41. The quantitative estimate of drug-likeness (QED) is 0.657. The van der Waals surface area contributed by atoms with Crippen LogP contribution in [0.2, 0.25) is 0 Å². The number of aromatic nitrogens is 4. The molecule has 0 saturated carbocycles. The van der Waals surface area contributed by atoms with E-state index in [4.69, 9.17) is 10.5 Å². The maximum Gasteiger partial charge on any atom is 0.233 e. The van der Waals surface area contributed by atoms with Gasteiger partial charge in [-0.15, -0.1) is 5.10 Å². The zero-order chi connectivity index (χ0) is 12.8. The van der Waals surface area contributed by atoms with Gasteiger partial charge in [-0.05, 0) is 10.4 Å². The molecule has 0 aliphatic carbocycles. The van der Waals surface area contributed by atoms with Crippen LogP contribution in [0.25, 0.3) is 0 Å². The highest BCUT2D eigenvalue weighted by Crippen LogP contribution is 2.14. The van der Waals surface area contributed by atoms with Crippen LogP contribution in [0.1, 0.15) is 0 Å². The third kappa shape index (κ3) is 3.40. The highest BCUT2D eigenvalue weighted by Gasteiger charge is 2.18. The first-order valence-corrected chi connectivity index (χ1v) is 6.74. The number of tetrazole rings is 1. The smallest absolute Gasteiger partial charge is 0.233 e. The molecule has 1 saturated heterocycles. The highest BCUT2D eigenvalue weighted by atomic mass is 32.2. The van der Waals surface area contributed by atoms with E-state index in [-0.39, 0.29) is 5.91 Å². The van der Waals surface area contributed by atoms with Crippen LogP contribution in [0.15, 0.2) is 5.16 Å². The number of ether oxygens (including phenoxy) is 1. The minimum atomic E-state index is 0.0885. The SMILES string of the molecule is NCCn1nnnc1SCC(=O)N1CCOCC1. The first-order valence-electron chi connectivity index (χ1n) is 5.76. The van der Waals surface area contributed by atoms with Gasteiger partial charge < -0.3 is 15.4 Å². The van der Waals surface area contributed by atoms with Crippen LogP contribution in [-0.2, 0) is 16.1 Å². The van der Waals surface area contributed by atoms with Crippen molar-refractivity contribution in [2.75, 3.05) is 38.6 Å². The van der Waals surface area contributed by atoms with Gasteiger partial charge in [0.25, 0.3) is 0 Å². The Bertz CT molecular complexity index is 392. The van der Waals surface area contributed by atoms with Crippen LogP contribution in [-0.4, -0.2) is 69.6 Å². The average molecular weight is 272 g/mol. The van der Waals surface area contributed by atoms with Gasteiger partial charge >= 0.3 is 0 Å². The summed E-state index contributed by atoms with van der Waals surface area (Å²) in [5.41, 5.74) is 5.45. The Morgan fingerprint density at radius 2 is 2.22 bits per heavy atom. The molecule has 1 aliphatic rings. The zero-order valence-electron chi connectivity index (χ0n) is 9.99. The number of hydrogen-bond donors (Lipinski definition) is 1. The van der Waals surface area contributed by atoms with Crippen LogP contribution in [0.5, 0.6) is 0 Å². The summed E-state index contributed by atoms with van der Waals surface area (Å²) in [7, 11) is 0. The van der Waals surface area contributed by atoms with E-state index in [1.54, 1.807) is 9.58 Å². The van der Waals surface area contributed by atoms with Crippen molar-refractivity contribution in [3.05, 3.63) is 0 Å². The Balaban J connectivity index is 1.82. The number of hydrogen-bond acceptors (Lipinski definition) is 7. The lowest BCUT2D eigenvalue weighted by Gasteiger charge is -2.26. The normalized spacial score (nSPS) is 15.9. The summed E-state index contributed by atoms with van der Waals surface area (Å²) in [6, 6.07) is 0. The van der Waals surface area contributed by atoms with Gasteiger partial charge in [0, 0.05) is 19.6 Å². The Morgan fingerprint density at radius 1 is 1.44 bits per heavy atom. The van der Waals surface area contributed by atoms with Crippen LogP contribution in [0.3, 0.4) is 0 Å². The van der Waals surface area contributed by atoms with Gasteiger partial charge in [0.1, 0.15) is 0 Å². The lowest BCUT2D eigenvalue weighted by molar-refractivity contribution is -0.132. The van der Waals surface area contributed by atoms with Crippen molar-refractivity contribution in [3.8, 4) is 0 Å². The van der Waals surface area contributed by atoms with Gasteiger partial charge in [0.15, 0.2) is 0 Å². The van der Waals surface area contributed by atoms with Crippen molar-refractivity contribution in [2.45, 2.75) is 11.7 Å². The molecule has 1 fully saturated rings. The summed E-state index contributed by atoms with van der Waals surface area (Å²) >= 11 is 1.33. The van der Waals surface area contributed by atoms with Crippen LogP contribution < -0.4 is 5.73 Å². The zero-order valence-corrected chi connectivity index (χ0v) is 10.8. The monoisotopic (exact) mass is 272 g/mol. The summed E-state index contributed by atoms with van der Waals surface area (Å²) in [5, 5.41) is 11.9. The first kappa shape index (κ1) is 13.2. The standard InChI is InChI=1S/C9H16N6O2S/c10-1-2-15-9(11-12-13-15)18-7-8(16)14-3-5-17-6-4-14/h1-7,10H2. The van der Waals surface area contributed by atoms with Gasteiger partial charge in [-0.1, -0.05) is 11.8 Å². The number of rotatable bonds is 5. The Kier molecular flexibility index (Phi) is 4.90. The molecule has 0 unspecified atom stereocenters. The molecular weight excluding hydrogens is 256 g/mol. The summed E-state index contributed by atoms with van der Waals surface area (Å²) in [5.74, 6) is 0.427. The average Bonchev–Trinajstić information content (AvgIpc) is 2.85. The van der Waals surface area contributed by atoms with Crippen LogP contribution >= 0.6 is 11.8 Å². The third-order valence-electron chi connectivity index (χ3n) is 2.53. The minimum absolute atomic E-state index is 0.0885. The van der Waals surface area contributed by atoms with Gasteiger partial charge in [0.05, 0.1) is 25.5 Å². The van der Waals surface area contributed by atoms with E-state index >= 15 is 0 Å². The fourth-order valence-corrected chi connectivity index (χ4v) is 2.40.